The van der Waals surface area contributed by atoms with E-state index in [1.54, 1.807) is 0 Å². The summed E-state index contributed by atoms with van der Waals surface area (Å²) in [5, 5.41) is 0. The molecule has 3 heteroatoms. The van der Waals surface area contributed by atoms with Crippen LogP contribution in [0.4, 0.5) is 0 Å². The summed E-state index contributed by atoms with van der Waals surface area (Å²) < 4.78 is 10.4. The first kappa shape index (κ1) is 16.9. The number of hydrogen-bond acceptors (Lipinski definition) is 3. The van der Waals surface area contributed by atoms with Crippen LogP contribution in [0.2, 0.25) is 0 Å². The molecule has 0 aromatic rings. The van der Waals surface area contributed by atoms with Crippen LogP contribution in [0.5, 0.6) is 0 Å². The maximum atomic E-state index is 10.6. The van der Waals surface area contributed by atoms with E-state index in [-0.39, 0.29) is 12.1 Å². The topological polar surface area (TPSA) is 35.5 Å². The highest BCUT2D eigenvalue weighted by Gasteiger charge is 1.95. The molecule has 0 aromatic heterocycles. The molecule has 0 saturated heterocycles. The normalized spacial score (nSPS) is 13.0. The molecule has 18 heavy (non-hydrogen) atoms. The van der Waals surface area contributed by atoms with Crippen LogP contribution in [-0.2, 0) is 14.3 Å². The molecule has 0 aliphatic carbocycles. The minimum Gasteiger partial charge on any atom is -0.462 e. The van der Waals surface area contributed by atoms with Crippen LogP contribution in [-0.4, -0.2) is 25.3 Å². The number of ether oxygens (including phenoxy) is 2. The smallest absolute Gasteiger partial charge is 0.302 e. The van der Waals surface area contributed by atoms with E-state index in [1.807, 2.05) is 19.9 Å². The third-order valence-corrected chi connectivity index (χ3v) is 2.39. The van der Waals surface area contributed by atoms with Crippen molar-refractivity contribution in [3.05, 3.63) is 23.3 Å². The molecule has 0 aliphatic heterocycles. The van der Waals surface area contributed by atoms with Gasteiger partial charge in [0.1, 0.15) is 6.61 Å². The van der Waals surface area contributed by atoms with Gasteiger partial charge in [-0.3, -0.25) is 4.79 Å². The van der Waals surface area contributed by atoms with Gasteiger partial charge in [0.05, 0.1) is 12.7 Å². The maximum Gasteiger partial charge on any atom is 0.302 e. The molecule has 0 atom stereocenters. The average molecular weight is 254 g/mol. The van der Waals surface area contributed by atoms with E-state index < -0.39 is 0 Å². The zero-order valence-corrected chi connectivity index (χ0v) is 12.3. The predicted octanol–water partition coefficient (Wildman–Crippen LogP) is 3.65. The van der Waals surface area contributed by atoms with E-state index in [4.69, 9.17) is 9.47 Å². The second-order valence-corrected chi connectivity index (χ2v) is 4.80. The van der Waals surface area contributed by atoms with Crippen LogP contribution >= 0.6 is 0 Å². The first-order valence-electron chi connectivity index (χ1n) is 6.48. The lowest BCUT2D eigenvalue weighted by Crippen LogP contribution is -2.04. The number of esters is 1. The molecule has 3 nitrogen and oxygen atoms in total. The average Bonchev–Trinajstić information content (AvgIpc) is 2.25. The Hall–Kier alpha value is -1.09. The number of hydrogen-bond donors (Lipinski definition) is 0. The van der Waals surface area contributed by atoms with Gasteiger partial charge in [-0.2, -0.15) is 0 Å². The van der Waals surface area contributed by atoms with Crippen molar-refractivity contribution in [2.24, 2.45) is 0 Å². The molecule has 0 saturated carbocycles. The highest BCUT2D eigenvalue weighted by Crippen LogP contribution is 2.07. The van der Waals surface area contributed by atoms with Crippen LogP contribution in [0.3, 0.4) is 0 Å². The SMILES string of the molecule is CC(=O)OC/C=C(\C)CC/C=C(\C)COC(C)C. The molecule has 0 aromatic carbocycles. The molecule has 0 rings (SSSR count). The quantitative estimate of drug-likeness (QED) is 0.490. The van der Waals surface area contributed by atoms with Gasteiger partial charge in [-0.1, -0.05) is 17.2 Å². The molecule has 0 fully saturated rings. The molecule has 0 N–H and O–H groups in total. The van der Waals surface area contributed by atoms with Gasteiger partial charge in [0.15, 0.2) is 0 Å². The van der Waals surface area contributed by atoms with Gasteiger partial charge in [0.25, 0.3) is 0 Å². The first-order valence-corrected chi connectivity index (χ1v) is 6.48. The zero-order chi connectivity index (χ0) is 14.0. The fourth-order valence-electron chi connectivity index (χ4n) is 1.31. The molecular weight excluding hydrogens is 228 g/mol. The molecule has 0 aliphatic rings. The fourth-order valence-corrected chi connectivity index (χ4v) is 1.31. The Morgan fingerprint density at radius 1 is 1.11 bits per heavy atom. The second-order valence-electron chi connectivity index (χ2n) is 4.80. The van der Waals surface area contributed by atoms with Gasteiger partial charge in [-0.25, -0.2) is 0 Å². The molecule has 0 radical (unpaired) electrons. The van der Waals surface area contributed by atoms with Gasteiger partial charge in [-0.15, -0.1) is 0 Å². The predicted molar refractivity (Wildman–Crippen MR) is 74.5 cm³/mol. The number of carbonyl (C=O) groups is 1. The summed E-state index contributed by atoms with van der Waals surface area (Å²) in [7, 11) is 0. The van der Waals surface area contributed by atoms with Crippen molar-refractivity contribution in [1.29, 1.82) is 0 Å². The summed E-state index contributed by atoms with van der Waals surface area (Å²) in [4.78, 5) is 10.6. The molecule has 0 spiro atoms. The molecule has 0 bridgehead atoms. The molecule has 0 amide bonds. The van der Waals surface area contributed by atoms with Crippen molar-refractivity contribution in [1.82, 2.24) is 0 Å². The largest absolute Gasteiger partial charge is 0.462 e. The fraction of sp³-hybridized carbons (Fsp3) is 0.667. The van der Waals surface area contributed by atoms with E-state index in [2.05, 4.69) is 19.9 Å². The molecule has 104 valence electrons. The molecule has 0 heterocycles. The highest BCUT2D eigenvalue weighted by molar-refractivity contribution is 5.66. The molecule has 0 unspecified atom stereocenters. The Balaban J connectivity index is 3.80. The second kappa shape index (κ2) is 9.89. The van der Waals surface area contributed by atoms with Crippen LogP contribution in [0.1, 0.15) is 47.5 Å². The summed E-state index contributed by atoms with van der Waals surface area (Å²) in [6, 6.07) is 0. The summed E-state index contributed by atoms with van der Waals surface area (Å²) in [6.07, 6.45) is 6.41. The lowest BCUT2D eigenvalue weighted by Gasteiger charge is -2.07. The first-order chi connectivity index (χ1) is 8.41. The van der Waals surface area contributed by atoms with Crippen molar-refractivity contribution < 1.29 is 14.3 Å². The standard InChI is InChI=1S/C15H26O3/c1-12(2)18-11-14(4)8-6-7-13(3)9-10-17-15(5)16/h8-9,12H,6-7,10-11H2,1-5H3/b13-9+,14-8+. The summed E-state index contributed by atoms with van der Waals surface area (Å²) in [6.45, 7) is 10.7. The Kier molecular flexibility index (Phi) is 9.29. The van der Waals surface area contributed by atoms with Crippen molar-refractivity contribution in [3.8, 4) is 0 Å². The number of carbonyl (C=O) groups excluding carboxylic acids is 1. The Morgan fingerprint density at radius 2 is 1.78 bits per heavy atom. The van der Waals surface area contributed by atoms with E-state index in [0.717, 1.165) is 12.8 Å². The third-order valence-electron chi connectivity index (χ3n) is 2.39. The third kappa shape index (κ3) is 11.4. The number of rotatable bonds is 8. The van der Waals surface area contributed by atoms with Gasteiger partial charge >= 0.3 is 5.97 Å². The van der Waals surface area contributed by atoms with E-state index in [0.29, 0.717) is 13.2 Å². The lowest BCUT2D eigenvalue weighted by molar-refractivity contribution is -0.139. The van der Waals surface area contributed by atoms with Gasteiger partial charge in [0.2, 0.25) is 0 Å². The summed E-state index contributed by atoms with van der Waals surface area (Å²) >= 11 is 0. The van der Waals surface area contributed by atoms with Crippen molar-refractivity contribution in [2.45, 2.75) is 53.6 Å². The van der Waals surface area contributed by atoms with Crippen LogP contribution in [0.25, 0.3) is 0 Å². The Bertz CT molecular complexity index is 301. The maximum absolute atomic E-state index is 10.6. The number of allylic oxidation sites excluding steroid dienone is 2. The van der Waals surface area contributed by atoms with Crippen LogP contribution in [0.15, 0.2) is 23.3 Å². The summed E-state index contributed by atoms with van der Waals surface area (Å²) in [5.74, 6) is -0.236. The highest BCUT2D eigenvalue weighted by atomic mass is 16.5. The van der Waals surface area contributed by atoms with Crippen LogP contribution in [0, 0.1) is 0 Å². The van der Waals surface area contributed by atoms with Crippen molar-refractivity contribution in [2.75, 3.05) is 13.2 Å². The van der Waals surface area contributed by atoms with Gasteiger partial charge in [-0.05, 0) is 46.6 Å². The minimum atomic E-state index is -0.236. The Morgan fingerprint density at radius 3 is 2.33 bits per heavy atom. The minimum absolute atomic E-state index is 0.236. The van der Waals surface area contributed by atoms with Crippen LogP contribution < -0.4 is 0 Å². The van der Waals surface area contributed by atoms with Gasteiger partial charge < -0.3 is 9.47 Å². The van der Waals surface area contributed by atoms with E-state index >= 15 is 0 Å². The Labute approximate surface area is 111 Å². The summed E-state index contributed by atoms with van der Waals surface area (Å²) in [5.41, 5.74) is 2.50. The molecular formula is C15H26O3. The van der Waals surface area contributed by atoms with Gasteiger partial charge in [0, 0.05) is 6.92 Å². The van der Waals surface area contributed by atoms with E-state index in [9.17, 15) is 4.79 Å². The zero-order valence-electron chi connectivity index (χ0n) is 12.3. The van der Waals surface area contributed by atoms with Crippen molar-refractivity contribution >= 4 is 5.97 Å². The lowest BCUT2D eigenvalue weighted by atomic mass is 10.1. The monoisotopic (exact) mass is 254 g/mol. The van der Waals surface area contributed by atoms with E-state index in [1.165, 1.54) is 18.1 Å². The van der Waals surface area contributed by atoms with Crippen molar-refractivity contribution in [3.63, 3.8) is 0 Å².